The molecule has 0 aliphatic heterocycles. The van der Waals surface area contributed by atoms with Gasteiger partial charge in [0.15, 0.2) is 6.10 Å². The second-order valence-electron chi connectivity index (χ2n) is 3.58. The lowest BCUT2D eigenvalue weighted by Crippen LogP contribution is -2.34. The standard InChI is InChI=1S/C11H11N3O3/c12-11(17)10(16)9(15)8-5-13-6-3-1-2-4-7(6)14-8/h1-5,9-10,15-16H,(H2,12,17). The number of rotatable bonds is 3. The van der Waals surface area contributed by atoms with Crippen molar-refractivity contribution in [1.29, 1.82) is 0 Å². The Morgan fingerprint density at radius 2 is 1.88 bits per heavy atom. The van der Waals surface area contributed by atoms with Crippen LogP contribution in [-0.4, -0.2) is 32.2 Å². The summed E-state index contributed by atoms with van der Waals surface area (Å²) in [5, 5.41) is 19.0. The van der Waals surface area contributed by atoms with Crippen LogP contribution < -0.4 is 5.73 Å². The SMILES string of the molecule is NC(=O)C(O)C(O)c1cnc2ccccc2n1. The molecule has 6 nitrogen and oxygen atoms in total. The summed E-state index contributed by atoms with van der Waals surface area (Å²) in [4.78, 5) is 18.9. The summed E-state index contributed by atoms with van der Waals surface area (Å²) in [6.07, 6.45) is -1.85. The first-order valence-corrected chi connectivity index (χ1v) is 4.96. The van der Waals surface area contributed by atoms with Crippen molar-refractivity contribution < 1.29 is 15.0 Å². The van der Waals surface area contributed by atoms with E-state index in [2.05, 4.69) is 9.97 Å². The number of carbonyl (C=O) groups excluding carboxylic acids is 1. The highest BCUT2D eigenvalue weighted by atomic mass is 16.3. The molecule has 0 saturated carbocycles. The summed E-state index contributed by atoms with van der Waals surface area (Å²) in [7, 11) is 0. The van der Waals surface area contributed by atoms with Crippen LogP contribution in [-0.2, 0) is 4.79 Å². The Kier molecular flexibility index (Phi) is 2.99. The quantitative estimate of drug-likeness (QED) is 0.662. The third kappa shape index (κ3) is 2.22. The average Bonchev–Trinajstić information content (AvgIpc) is 2.36. The van der Waals surface area contributed by atoms with Gasteiger partial charge in [-0.25, -0.2) is 4.98 Å². The van der Waals surface area contributed by atoms with E-state index in [1.165, 1.54) is 6.20 Å². The molecule has 17 heavy (non-hydrogen) atoms. The number of para-hydroxylation sites is 2. The lowest BCUT2D eigenvalue weighted by atomic mass is 10.1. The lowest BCUT2D eigenvalue weighted by molar-refractivity contribution is -0.132. The molecule has 0 aliphatic rings. The molecule has 2 atom stereocenters. The van der Waals surface area contributed by atoms with Crippen LogP contribution >= 0.6 is 0 Å². The summed E-state index contributed by atoms with van der Waals surface area (Å²) < 4.78 is 0. The van der Waals surface area contributed by atoms with E-state index >= 15 is 0 Å². The van der Waals surface area contributed by atoms with Gasteiger partial charge in [0.1, 0.15) is 6.10 Å². The zero-order chi connectivity index (χ0) is 12.4. The minimum absolute atomic E-state index is 0.106. The van der Waals surface area contributed by atoms with Crippen molar-refractivity contribution in [2.45, 2.75) is 12.2 Å². The molecule has 1 aromatic carbocycles. The van der Waals surface area contributed by atoms with Crippen molar-refractivity contribution in [2.24, 2.45) is 5.73 Å². The number of aliphatic hydroxyl groups excluding tert-OH is 2. The zero-order valence-corrected chi connectivity index (χ0v) is 8.82. The Bertz CT molecular complexity index is 558. The molecule has 0 aliphatic carbocycles. The van der Waals surface area contributed by atoms with Gasteiger partial charge in [0.05, 0.1) is 22.9 Å². The first kappa shape index (κ1) is 11.4. The fraction of sp³-hybridized carbons (Fsp3) is 0.182. The van der Waals surface area contributed by atoms with Gasteiger partial charge in [-0.3, -0.25) is 9.78 Å². The molecule has 0 radical (unpaired) electrons. The molecular weight excluding hydrogens is 222 g/mol. The summed E-state index contributed by atoms with van der Waals surface area (Å²) in [6, 6.07) is 7.07. The molecule has 6 heteroatoms. The third-order valence-corrected chi connectivity index (χ3v) is 2.36. The van der Waals surface area contributed by atoms with E-state index in [4.69, 9.17) is 5.73 Å². The van der Waals surface area contributed by atoms with E-state index in [-0.39, 0.29) is 5.69 Å². The predicted molar refractivity (Wildman–Crippen MR) is 59.7 cm³/mol. The fourth-order valence-electron chi connectivity index (χ4n) is 1.43. The van der Waals surface area contributed by atoms with E-state index in [9.17, 15) is 15.0 Å². The lowest BCUT2D eigenvalue weighted by Gasteiger charge is -2.13. The molecule has 2 rings (SSSR count). The Hall–Kier alpha value is -2.05. The number of hydrogen-bond donors (Lipinski definition) is 3. The number of hydrogen-bond acceptors (Lipinski definition) is 5. The van der Waals surface area contributed by atoms with Gasteiger partial charge >= 0.3 is 0 Å². The molecule has 2 unspecified atom stereocenters. The van der Waals surface area contributed by atoms with Crippen LogP contribution in [0.2, 0.25) is 0 Å². The minimum Gasteiger partial charge on any atom is -0.383 e. The van der Waals surface area contributed by atoms with Crippen molar-refractivity contribution >= 4 is 16.9 Å². The van der Waals surface area contributed by atoms with Crippen LogP contribution in [0.1, 0.15) is 11.8 Å². The van der Waals surface area contributed by atoms with E-state index < -0.39 is 18.1 Å². The van der Waals surface area contributed by atoms with E-state index in [0.717, 1.165) is 0 Å². The van der Waals surface area contributed by atoms with Crippen LogP contribution in [0.3, 0.4) is 0 Å². The van der Waals surface area contributed by atoms with E-state index in [0.29, 0.717) is 11.0 Å². The Labute approximate surface area is 96.7 Å². The summed E-state index contributed by atoms with van der Waals surface area (Å²) in [6.45, 7) is 0. The van der Waals surface area contributed by atoms with Gasteiger partial charge in [-0.05, 0) is 12.1 Å². The minimum atomic E-state index is -1.69. The van der Waals surface area contributed by atoms with Crippen molar-refractivity contribution in [1.82, 2.24) is 9.97 Å². The van der Waals surface area contributed by atoms with Gasteiger partial charge in [0.2, 0.25) is 5.91 Å². The maximum atomic E-state index is 10.7. The molecular formula is C11H11N3O3. The average molecular weight is 233 g/mol. The highest BCUT2D eigenvalue weighted by Crippen LogP contribution is 2.16. The molecule has 1 heterocycles. The topological polar surface area (TPSA) is 109 Å². The van der Waals surface area contributed by atoms with Crippen molar-refractivity contribution in [3.63, 3.8) is 0 Å². The molecule has 1 aromatic heterocycles. The molecule has 0 spiro atoms. The fourth-order valence-corrected chi connectivity index (χ4v) is 1.43. The highest BCUT2D eigenvalue weighted by molar-refractivity contribution is 5.79. The Balaban J connectivity index is 2.39. The zero-order valence-electron chi connectivity index (χ0n) is 8.82. The largest absolute Gasteiger partial charge is 0.383 e. The molecule has 0 saturated heterocycles. The molecule has 4 N–H and O–H groups in total. The monoisotopic (exact) mass is 233 g/mol. The number of carbonyl (C=O) groups is 1. The van der Waals surface area contributed by atoms with E-state index in [1.807, 2.05) is 6.07 Å². The van der Waals surface area contributed by atoms with Gasteiger partial charge in [0, 0.05) is 0 Å². The molecule has 88 valence electrons. The van der Waals surface area contributed by atoms with Crippen molar-refractivity contribution in [3.05, 3.63) is 36.2 Å². The van der Waals surface area contributed by atoms with Gasteiger partial charge in [-0.2, -0.15) is 0 Å². The summed E-state index contributed by atoms with van der Waals surface area (Å²) in [5.41, 5.74) is 6.23. The van der Waals surface area contributed by atoms with Crippen LogP contribution in [0.15, 0.2) is 30.5 Å². The van der Waals surface area contributed by atoms with E-state index in [1.54, 1.807) is 18.2 Å². The van der Waals surface area contributed by atoms with Crippen LogP contribution in [0.4, 0.5) is 0 Å². The Morgan fingerprint density at radius 1 is 1.24 bits per heavy atom. The summed E-state index contributed by atoms with van der Waals surface area (Å²) >= 11 is 0. The maximum Gasteiger partial charge on any atom is 0.249 e. The predicted octanol–water partition coefficient (Wildman–Crippen LogP) is -0.491. The molecule has 1 amide bonds. The molecule has 2 aromatic rings. The van der Waals surface area contributed by atoms with Crippen molar-refractivity contribution in [3.8, 4) is 0 Å². The number of fused-ring (bicyclic) bond motifs is 1. The van der Waals surface area contributed by atoms with Crippen molar-refractivity contribution in [2.75, 3.05) is 0 Å². The van der Waals surface area contributed by atoms with Gasteiger partial charge in [0.25, 0.3) is 0 Å². The van der Waals surface area contributed by atoms with Crippen LogP contribution in [0.25, 0.3) is 11.0 Å². The number of aromatic nitrogens is 2. The third-order valence-electron chi connectivity index (χ3n) is 2.36. The van der Waals surface area contributed by atoms with Gasteiger partial charge in [-0.1, -0.05) is 12.1 Å². The maximum absolute atomic E-state index is 10.7. The highest BCUT2D eigenvalue weighted by Gasteiger charge is 2.24. The molecule has 0 fully saturated rings. The summed E-state index contributed by atoms with van der Waals surface area (Å²) in [5.74, 6) is -1.01. The first-order valence-electron chi connectivity index (χ1n) is 4.96. The molecule has 0 bridgehead atoms. The number of nitrogens with two attached hydrogens (primary N) is 1. The normalized spacial score (nSPS) is 14.5. The van der Waals surface area contributed by atoms with Gasteiger partial charge < -0.3 is 15.9 Å². The van der Waals surface area contributed by atoms with Crippen LogP contribution in [0, 0.1) is 0 Å². The van der Waals surface area contributed by atoms with Gasteiger partial charge in [-0.15, -0.1) is 0 Å². The second kappa shape index (κ2) is 4.44. The first-order chi connectivity index (χ1) is 8.09. The number of nitrogens with zero attached hydrogens (tertiary/aromatic N) is 2. The van der Waals surface area contributed by atoms with Crippen LogP contribution in [0.5, 0.6) is 0 Å². The smallest absolute Gasteiger partial charge is 0.249 e. The number of amides is 1. The Morgan fingerprint density at radius 3 is 2.53 bits per heavy atom. The number of benzene rings is 1. The number of primary amides is 1. The number of aliphatic hydroxyl groups is 2. The second-order valence-corrected chi connectivity index (χ2v) is 3.58.